The van der Waals surface area contributed by atoms with Gasteiger partial charge < -0.3 is 9.84 Å². The second-order valence-electron chi connectivity index (χ2n) is 9.81. The zero-order valence-electron chi connectivity index (χ0n) is 20.1. The molecule has 0 aromatic heterocycles. The average Bonchev–Trinajstić information content (AvgIpc) is 3.16. The van der Waals surface area contributed by atoms with Gasteiger partial charge in [-0.15, -0.1) is 0 Å². The van der Waals surface area contributed by atoms with E-state index in [1.54, 1.807) is 36.4 Å². The summed E-state index contributed by atoms with van der Waals surface area (Å²) in [7, 11) is 1.44. The van der Waals surface area contributed by atoms with Crippen LogP contribution in [-0.2, 0) is 19.2 Å². The number of ketones is 2. The molecule has 2 aromatic rings. The Balaban J connectivity index is 1.48. The number of hydrogen-bond acceptors (Lipinski definition) is 6. The van der Waals surface area contributed by atoms with Crippen LogP contribution in [0.3, 0.4) is 0 Å². The molecular weight excluding hydrogens is 574 g/mol. The first-order chi connectivity index (χ1) is 18.2. The number of aromatic hydroxyl groups is 1. The molecule has 0 bridgehead atoms. The van der Waals surface area contributed by atoms with Gasteiger partial charge >= 0.3 is 0 Å². The van der Waals surface area contributed by atoms with Crippen LogP contribution in [-0.4, -0.2) is 35.6 Å². The second-order valence-corrected chi connectivity index (χ2v) is 11.1. The van der Waals surface area contributed by atoms with Crippen molar-refractivity contribution in [3.63, 3.8) is 0 Å². The van der Waals surface area contributed by atoms with Gasteiger partial charge in [-0.05, 0) is 76.7 Å². The third-order valence-electron chi connectivity index (χ3n) is 7.95. The minimum atomic E-state index is -0.686. The maximum Gasteiger partial charge on any atom is 0.238 e. The number of halogens is 2. The molecule has 0 radical (unpaired) electrons. The fourth-order valence-electron chi connectivity index (χ4n) is 6.32. The van der Waals surface area contributed by atoms with Crippen molar-refractivity contribution in [1.29, 1.82) is 0 Å². The molecule has 1 heterocycles. The largest absolute Gasteiger partial charge is 0.504 e. The molecule has 4 aliphatic rings. The molecule has 4 unspecified atom stereocenters. The van der Waals surface area contributed by atoms with Gasteiger partial charge in [0.2, 0.25) is 11.8 Å². The van der Waals surface area contributed by atoms with Gasteiger partial charge in [-0.3, -0.25) is 24.1 Å². The van der Waals surface area contributed by atoms with Crippen LogP contribution < -0.4 is 9.64 Å². The van der Waals surface area contributed by atoms with Gasteiger partial charge in [0.25, 0.3) is 0 Å². The molecule has 4 atom stereocenters. The number of imide groups is 1. The Morgan fingerprint density at radius 2 is 1.76 bits per heavy atom. The van der Waals surface area contributed by atoms with Crippen LogP contribution in [0.5, 0.6) is 11.5 Å². The summed E-state index contributed by atoms with van der Waals surface area (Å²) in [5.41, 5.74) is 2.53. The molecule has 38 heavy (non-hydrogen) atoms. The molecule has 3 aliphatic carbocycles. The van der Waals surface area contributed by atoms with E-state index < -0.39 is 23.7 Å². The third kappa shape index (κ3) is 3.61. The molecule has 0 saturated carbocycles. The van der Waals surface area contributed by atoms with Gasteiger partial charge in [0.15, 0.2) is 23.1 Å². The molecule has 7 nitrogen and oxygen atoms in total. The number of benzene rings is 2. The van der Waals surface area contributed by atoms with E-state index in [9.17, 15) is 24.3 Å². The summed E-state index contributed by atoms with van der Waals surface area (Å²) < 4.78 is 5.35. The quantitative estimate of drug-likeness (QED) is 0.304. The van der Waals surface area contributed by atoms with Crippen molar-refractivity contribution >= 4 is 56.6 Å². The van der Waals surface area contributed by atoms with Crippen LogP contribution in [0.15, 0.2) is 75.8 Å². The number of anilines is 1. The molecule has 192 valence electrons. The molecule has 1 saturated heterocycles. The highest BCUT2D eigenvalue weighted by atomic mass is 79.9. The number of phenols is 1. The third-order valence-corrected chi connectivity index (χ3v) is 8.79. The smallest absolute Gasteiger partial charge is 0.238 e. The number of nitrogens with zero attached hydrogens (tertiary/aromatic N) is 1. The number of fused-ring (bicyclic) bond motifs is 3. The van der Waals surface area contributed by atoms with Crippen LogP contribution >= 0.6 is 27.5 Å². The van der Waals surface area contributed by atoms with Gasteiger partial charge in [0.05, 0.1) is 29.1 Å². The summed E-state index contributed by atoms with van der Waals surface area (Å²) in [5, 5.41) is 11.0. The first-order valence-electron chi connectivity index (χ1n) is 12.1. The van der Waals surface area contributed by atoms with E-state index in [0.29, 0.717) is 33.8 Å². The van der Waals surface area contributed by atoms with E-state index in [-0.39, 0.29) is 45.8 Å². The summed E-state index contributed by atoms with van der Waals surface area (Å²) in [4.78, 5) is 55.1. The van der Waals surface area contributed by atoms with E-state index in [1.165, 1.54) is 24.2 Å². The highest BCUT2D eigenvalue weighted by Gasteiger charge is 2.56. The minimum Gasteiger partial charge on any atom is -0.504 e. The average molecular weight is 595 g/mol. The zero-order chi connectivity index (χ0) is 26.9. The van der Waals surface area contributed by atoms with Crippen molar-refractivity contribution in [3.05, 3.63) is 86.4 Å². The predicted molar refractivity (Wildman–Crippen MR) is 143 cm³/mol. The fraction of sp³-hybridized carbons (Fsp3) is 0.241. The highest BCUT2D eigenvalue weighted by molar-refractivity contribution is 9.12. The van der Waals surface area contributed by atoms with E-state index in [2.05, 4.69) is 15.9 Å². The Morgan fingerprint density at radius 1 is 1.03 bits per heavy atom. The SMILES string of the molecule is COc1ccc(C2C3=CCC4C(=O)N(c5ccc(Cl)cc5)C(=O)C4C3CC3=C2C(=O)C=C(Br)C3=O)cc1O. The Bertz CT molecular complexity index is 1540. The lowest BCUT2D eigenvalue weighted by Gasteiger charge is -2.42. The van der Waals surface area contributed by atoms with E-state index in [4.69, 9.17) is 16.3 Å². The topological polar surface area (TPSA) is 101 Å². The standard InChI is InChI=1S/C29H21BrClNO6/c1-38-23-9-2-13(10-21(23)33)24-16-7-8-17-25(18(16)11-19-26(24)22(34)12-20(30)27(19)35)29(37)32(28(17)36)15-5-3-14(31)4-6-15/h2-7,9-10,12,17-18,24-25,33H,8,11H2,1H3. The van der Waals surface area contributed by atoms with Crippen molar-refractivity contribution in [3.8, 4) is 11.5 Å². The summed E-state index contributed by atoms with van der Waals surface area (Å²) in [5.74, 6) is -3.44. The van der Waals surface area contributed by atoms with E-state index in [0.717, 1.165) is 5.57 Å². The van der Waals surface area contributed by atoms with E-state index in [1.807, 2.05) is 6.08 Å². The van der Waals surface area contributed by atoms with E-state index >= 15 is 0 Å². The zero-order valence-corrected chi connectivity index (χ0v) is 22.5. The molecule has 6 rings (SSSR count). The summed E-state index contributed by atoms with van der Waals surface area (Å²) in [6.45, 7) is 0. The molecule has 1 fully saturated rings. The van der Waals surface area contributed by atoms with Crippen molar-refractivity contribution in [2.24, 2.45) is 17.8 Å². The molecule has 1 aliphatic heterocycles. The van der Waals surface area contributed by atoms with Gasteiger partial charge in [-0.1, -0.05) is 29.3 Å². The number of carbonyl (C=O) groups excluding carboxylic acids is 4. The van der Waals surface area contributed by atoms with Gasteiger partial charge in [-0.2, -0.15) is 0 Å². The Hall–Kier alpha value is -3.49. The maximum absolute atomic E-state index is 13.8. The Morgan fingerprint density at radius 3 is 2.45 bits per heavy atom. The molecule has 9 heteroatoms. The number of methoxy groups -OCH3 is 1. The Labute approximate surface area is 231 Å². The maximum atomic E-state index is 13.8. The number of hydrogen-bond donors (Lipinski definition) is 1. The number of amides is 2. The summed E-state index contributed by atoms with van der Waals surface area (Å²) in [6, 6.07) is 11.4. The lowest BCUT2D eigenvalue weighted by Crippen LogP contribution is -2.39. The number of carbonyl (C=O) groups is 4. The van der Waals surface area contributed by atoms with Gasteiger partial charge in [0.1, 0.15) is 0 Å². The Kier molecular flexibility index (Phi) is 5.92. The lowest BCUT2D eigenvalue weighted by molar-refractivity contribution is -0.123. The number of allylic oxidation sites excluding steroid dienone is 6. The number of rotatable bonds is 3. The normalized spacial score (nSPS) is 26.6. The van der Waals surface area contributed by atoms with Crippen LogP contribution in [0.4, 0.5) is 5.69 Å². The lowest BCUT2D eigenvalue weighted by atomic mass is 9.59. The van der Waals surface area contributed by atoms with Crippen molar-refractivity contribution in [2.45, 2.75) is 18.8 Å². The monoisotopic (exact) mass is 593 g/mol. The molecule has 1 N–H and O–H groups in total. The predicted octanol–water partition coefficient (Wildman–Crippen LogP) is 5.02. The van der Waals surface area contributed by atoms with Crippen molar-refractivity contribution < 1.29 is 29.0 Å². The minimum absolute atomic E-state index is 0.101. The highest BCUT2D eigenvalue weighted by Crippen LogP contribution is 2.56. The summed E-state index contributed by atoms with van der Waals surface area (Å²) in [6.07, 6.45) is 3.70. The fourth-order valence-corrected chi connectivity index (χ4v) is 6.89. The van der Waals surface area contributed by atoms with Gasteiger partial charge in [0, 0.05) is 28.2 Å². The van der Waals surface area contributed by atoms with Crippen LogP contribution in [0.25, 0.3) is 0 Å². The first kappa shape index (κ1) is 24.8. The number of ether oxygens (including phenoxy) is 1. The molecule has 2 amide bonds. The van der Waals surface area contributed by atoms with Crippen molar-refractivity contribution in [1.82, 2.24) is 0 Å². The van der Waals surface area contributed by atoms with Crippen molar-refractivity contribution in [2.75, 3.05) is 12.0 Å². The molecular formula is C29H21BrClNO6. The van der Waals surface area contributed by atoms with Crippen LogP contribution in [0.1, 0.15) is 24.3 Å². The molecule has 2 aromatic carbocycles. The number of phenolic OH excluding ortho intramolecular Hbond substituents is 1. The van der Waals surface area contributed by atoms with Crippen LogP contribution in [0, 0.1) is 17.8 Å². The first-order valence-corrected chi connectivity index (χ1v) is 13.3. The number of Topliss-reactive ketones (excluding diaryl/α,β-unsaturated/α-hetero) is 1. The molecule has 0 spiro atoms. The van der Waals surface area contributed by atoms with Crippen LogP contribution in [0.2, 0.25) is 5.02 Å². The second kappa shape index (κ2) is 9.06. The summed E-state index contributed by atoms with van der Waals surface area (Å²) >= 11 is 9.24. The van der Waals surface area contributed by atoms with Gasteiger partial charge in [-0.25, -0.2) is 0 Å².